The lowest BCUT2D eigenvalue weighted by Gasteiger charge is -2.37. The van der Waals surface area contributed by atoms with Crippen LogP contribution >= 0.6 is 0 Å². The summed E-state index contributed by atoms with van der Waals surface area (Å²) in [7, 11) is 0. The minimum Gasteiger partial charge on any atom is -0.490 e. The zero-order valence-corrected chi connectivity index (χ0v) is 11.9. The molecular weight excluding hydrogens is 253 g/mol. The molecule has 2 aliphatic rings. The Labute approximate surface area is 120 Å². The Kier molecular flexibility index (Phi) is 4.06. The van der Waals surface area contributed by atoms with Crippen molar-refractivity contribution >= 4 is 0 Å². The summed E-state index contributed by atoms with van der Waals surface area (Å²) in [6, 6.07) is 5.19. The fourth-order valence-corrected chi connectivity index (χ4v) is 3.35. The molecule has 1 aromatic rings. The summed E-state index contributed by atoms with van der Waals surface area (Å²) in [6.07, 6.45) is 9.05. The Morgan fingerprint density at radius 3 is 3.00 bits per heavy atom. The molecule has 0 fully saturated rings. The molecule has 3 heteroatoms. The van der Waals surface area contributed by atoms with Crippen molar-refractivity contribution in [3.05, 3.63) is 41.7 Å². The van der Waals surface area contributed by atoms with Crippen LogP contribution in [0.15, 0.2) is 30.4 Å². The minimum absolute atomic E-state index is 0.193. The number of hydrogen-bond acceptors (Lipinski definition) is 2. The molecule has 3 atom stereocenters. The van der Waals surface area contributed by atoms with E-state index in [1.165, 1.54) is 18.6 Å². The van der Waals surface area contributed by atoms with E-state index in [-0.39, 0.29) is 18.0 Å². The van der Waals surface area contributed by atoms with E-state index in [1.54, 1.807) is 0 Å². The average molecular weight is 275 g/mol. The molecule has 0 bridgehead atoms. The van der Waals surface area contributed by atoms with Gasteiger partial charge in [-0.3, -0.25) is 0 Å². The average Bonchev–Trinajstić information content (AvgIpc) is 2.48. The molecule has 3 unspecified atom stereocenters. The van der Waals surface area contributed by atoms with Crippen molar-refractivity contribution in [2.24, 2.45) is 5.92 Å². The minimum atomic E-state index is -0.219. The van der Waals surface area contributed by atoms with E-state index in [2.05, 4.69) is 24.4 Å². The Hall–Kier alpha value is -1.35. The summed E-state index contributed by atoms with van der Waals surface area (Å²) in [6.45, 7) is 3.02. The van der Waals surface area contributed by atoms with Gasteiger partial charge in [-0.05, 0) is 37.8 Å². The SMILES string of the molecule is CCNC1CC(C2CC=CCC2)Oc2cc(F)ccc21. The quantitative estimate of drug-likeness (QED) is 0.842. The maximum Gasteiger partial charge on any atom is 0.127 e. The summed E-state index contributed by atoms with van der Waals surface area (Å²) in [5, 5.41) is 3.51. The lowest BCUT2D eigenvalue weighted by molar-refractivity contribution is 0.0872. The molecule has 0 amide bonds. The highest BCUT2D eigenvalue weighted by Crippen LogP contribution is 2.39. The summed E-state index contributed by atoms with van der Waals surface area (Å²) < 4.78 is 19.6. The van der Waals surface area contributed by atoms with Gasteiger partial charge in [0.2, 0.25) is 0 Å². The van der Waals surface area contributed by atoms with Crippen LogP contribution in [0.2, 0.25) is 0 Å². The molecule has 20 heavy (non-hydrogen) atoms. The predicted molar refractivity (Wildman–Crippen MR) is 78.3 cm³/mol. The predicted octanol–water partition coefficient (Wildman–Crippen LogP) is 3.98. The Bertz CT molecular complexity index is 500. The Morgan fingerprint density at radius 2 is 2.25 bits per heavy atom. The molecule has 3 rings (SSSR count). The van der Waals surface area contributed by atoms with Crippen molar-refractivity contribution in [1.82, 2.24) is 5.32 Å². The van der Waals surface area contributed by atoms with Gasteiger partial charge in [-0.15, -0.1) is 0 Å². The number of benzene rings is 1. The van der Waals surface area contributed by atoms with Crippen LogP contribution in [0.5, 0.6) is 5.75 Å². The highest BCUT2D eigenvalue weighted by atomic mass is 19.1. The van der Waals surface area contributed by atoms with Crippen molar-refractivity contribution in [2.75, 3.05) is 6.54 Å². The second-order valence-corrected chi connectivity index (χ2v) is 5.73. The van der Waals surface area contributed by atoms with E-state index in [4.69, 9.17) is 4.74 Å². The van der Waals surface area contributed by atoms with Crippen LogP contribution in [-0.4, -0.2) is 12.6 Å². The molecule has 1 aliphatic heterocycles. The number of halogens is 1. The number of rotatable bonds is 3. The Morgan fingerprint density at radius 1 is 1.35 bits per heavy atom. The number of nitrogens with one attached hydrogen (secondary N) is 1. The van der Waals surface area contributed by atoms with Crippen molar-refractivity contribution in [3.63, 3.8) is 0 Å². The zero-order valence-electron chi connectivity index (χ0n) is 11.9. The molecule has 1 N–H and O–H groups in total. The van der Waals surface area contributed by atoms with Crippen molar-refractivity contribution in [3.8, 4) is 5.75 Å². The second kappa shape index (κ2) is 5.96. The van der Waals surface area contributed by atoms with Gasteiger partial charge in [-0.2, -0.15) is 0 Å². The third-order valence-corrected chi connectivity index (χ3v) is 4.38. The van der Waals surface area contributed by atoms with Crippen molar-refractivity contribution < 1.29 is 9.13 Å². The molecular formula is C17H22FNO. The first-order valence-electron chi connectivity index (χ1n) is 7.62. The van der Waals surface area contributed by atoms with Gasteiger partial charge in [0.25, 0.3) is 0 Å². The van der Waals surface area contributed by atoms with Crippen LogP contribution in [0.4, 0.5) is 4.39 Å². The monoisotopic (exact) mass is 275 g/mol. The van der Waals surface area contributed by atoms with Crippen LogP contribution < -0.4 is 10.1 Å². The van der Waals surface area contributed by atoms with Crippen molar-refractivity contribution in [1.29, 1.82) is 0 Å². The third-order valence-electron chi connectivity index (χ3n) is 4.38. The summed E-state index contributed by atoms with van der Waals surface area (Å²) in [4.78, 5) is 0. The summed E-state index contributed by atoms with van der Waals surface area (Å²) >= 11 is 0. The van der Waals surface area contributed by atoms with E-state index in [9.17, 15) is 4.39 Å². The molecule has 0 spiro atoms. The molecule has 1 aliphatic carbocycles. The number of fused-ring (bicyclic) bond motifs is 1. The first-order chi connectivity index (χ1) is 9.78. The fourth-order valence-electron chi connectivity index (χ4n) is 3.35. The molecule has 1 aromatic carbocycles. The van der Waals surface area contributed by atoms with Gasteiger partial charge in [0.1, 0.15) is 17.7 Å². The van der Waals surface area contributed by atoms with Gasteiger partial charge in [0.15, 0.2) is 0 Å². The smallest absolute Gasteiger partial charge is 0.127 e. The normalized spacial score (nSPS) is 28.8. The molecule has 0 aromatic heterocycles. The fraction of sp³-hybridized carbons (Fsp3) is 0.529. The summed E-state index contributed by atoms with van der Waals surface area (Å²) in [5.74, 6) is 1.06. The van der Waals surface area contributed by atoms with Gasteiger partial charge in [0, 0.05) is 24.1 Å². The molecule has 0 radical (unpaired) electrons. The van der Waals surface area contributed by atoms with Gasteiger partial charge in [-0.25, -0.2) is 4.39 Å². The number of hydrogen-bond donors (Lipinski definition) is 1. The largest absolute Gasteiger partial charge is 0.490 e. The standard InChI is InChI=1S/C17H22FNO/c1-2-19-15-11-16(12-6-4-3-5-7-12)20-17-10-13(18)8-9-14(15)17/h3-4,8-10,12,15-16,19H,2,5-7,11H2,1H3. The maximum absolute atomic E-state index is 13.5. The van der Waals surface area contributed by atoms with E-state index < -0.39 is 0 Å². The van der Waals surface area contributed by atoms with Crippen LogP contribution in [0.3, 0.4) is 0 Å². The first-order valence-corrected chi connectivity index (χ1v) is 7.62. The maximum atomic E-state index is 13.5. The highest BCUT2D eigenvalue weighted by Gasteiger charge is 2.33. The van der Waals surface area contributed by atoms with Gasteiger partial charge in [0.05, 0.1) is 0 Å². The molecule has 1 heterocycles. The molecule has 108 valence electrons. The van der Waals surface area contributed by atoms with E-state index in [0.29, 0.717) is 5.92 Å². The van der Waals surface area contributed by atoms with Crippen molar-refractivity contribution in [2.45, 2.75) is 44.8 Å². The van der Waals surface area contributed by atoms with E-state index in [0.717, 1.165) is 37.1 Å². The van der Waals surface area contributed by atoms with Gasteiger partial charge in [-0.1, -0.05) is 25.1 Å². The second-order valence-electron chi connectivity index (χ2n) is 5.73. The zero-order chi connectivity index (χ0) is 13.9. The summed E-state index contributed by atoms with van der Waals surface area (Å²) in [5.41, 5.74) is 1.09. The molecule has 2 nitrogen and oxygen atoms in total. The van der Waals surface area contributed by atoms with E-state index >= 15 is 0 Å². The van der Waals surface area contributed by atoms with Crippen LogP contribution in [-0.2, 0) is 0 Å². The van der Waals surface area contributed by atoms with E-state index in [1.807, 2.05) is 6.07 Å². The highest BCUT2D eigenvalue weighted by molar-refractivity contribution is 5.38. The third kappa shape index (κ3) is 2.73. The lowest BCUT2D eigenvalue weighted by Crippen LogP contribution is -2.37. The van der Waals surface area contributed by atoms with Gasteiger partial charge < -0.3 is 10.1 Å². The first kappa shape index (κ1) is 13.6. The van der Waals surface area contributed by atoms with Crippen LogP contribution in [0.1, 0.15) is 44.2 Å². The topological polar surface area (TPSA) is 21.3 Å². The number of allylic oxidation sites excluding steroid dienone is 2. The molecule has 0 saturated heterocycles. The molecule has 0 saturated carbocycles. The van der Waals surface area contributed by atoms with Gasteiger partial charge >= 0.3 is 0 Å². The number of ether oxygens (including phenoxy) is 1. The van der Waals surface area contributed by atoms with Crippen LogP contribution in [0, 0.1) is 11.7 Å². The van der Waals surface area contributed by atoms with Crippen LogP contribution in [0.25, 0.3) is 0 Å². The Balaban J connectivity index is 1.85. The lowest BCUT2D eigenvalue weighted by atomic mass is 9.83.